The quantitative estimate of drug-likeness (QED) is 0.807. The van der Waals surface area contributed by atoms with Crippen LogP contribution in [0.5, 0.6) is 0 Å². The minimum atomic E-state index is 0.973. The smallest absolute Gasteiger partial charge is 0.108 e. The topological polar surface area (TPSA) is 28.2 Å². The van der Waals surface area contributed by atoms with Crippen molar-refractivity contribution >= 4 is 27.3 Å². The largest absolute Gasteiger partial charge is 0.382 e. The van der Waals surface area contributed by atoms with Crippen LogP contribution in [0.4, 0.5) is 11.4 Å². The third-order valence-corrected chi connectivity index (χ3v) is 4.04. The molecule has 0 aliphatic carbocycles. The first kappa shape index (κ1) is 11.3. The van der Waals surface area contributed by atoms with Gasteiger partial charge in [-0.3, -0.25) is 0 Å². The molecule has 0 spiro atoms. The van der Waals surface area contributed by atoms with Crippen molar-refractivity contribution in [3.63, 3.8) is 0 Å². The molecule has 92 valence electrons. The third-order valence-electron chi connectivity index (χ3n) is 3.63. The molecule has 1 aromatic rings. The zero-order valence-corrected chi connectivity index (χ0v) is 11.6. The monoisotopic (exact) mass is 295 g/mol. The van der Waals surface area contributed by atoms with E-state index < -0.39 is 0 Å². The van der Waals surface area contributed by atoms with Crippen molar-refractivity contribution in [1.82, 2.24) is 4.98 Å². The Bertz CT molecular complexity index is 413. The van der Waals surface area contributed by atoms with Crippen LogP contribution >= 0.6 is 15.9 Å². The lowest BCUT2D eigenvalue weighted by atomic mass is 10.1. The normalized spacial score (nSPS) is 19.7. The number of halogens is 1. The average Bonchev–Trinajstić information content (AvgIpc) is 2.39. The van der Waals surface area contributed by atoms with Gasteiger partial charge in [0.2, 0.25) is 0 Å². The molecule has 0 amide bonds. The lowest BCUT2D eigenvalue weighted by molar-refractivity contribution is 0.577. The maximum atomic E-state index is 4.60. The highest BCUT2D eigenvalue weighted by Crippen LogP contribution is 2.35. The molecule has 0 aromatic carbocycles. The number of fused-ring (bicyclic) bond motifs is 1. The fraction of sp³-hybridized carbons (Fsp3) is 0.615. The second-order valence-electron chi connectivity index (χ2n) is 4.86. The Labute approximate surface area is 111 Å². The Kier molecular flexibility index (Phi) is 3.23. The van der Waals surface area contributed by atoms with Crippen molar-refractivity contribution in [2.45, 2.75) is 32.1 Å². The summed E-state index contributed by atoms with van der Waals surface area (Å²) in [5, 5.41) is 3.53. The van der Waals surface area contributed by atoms with Crippen molar-refractivity contribution in [3.05, 3.63) is 16.4 Å². The van der Waals surface area contributed by atoms with Gasteiger partial charge in [0.1, 0.15) is 4.60 Å². The van der Waals surface area contributed by atoms with Gasteiger partial charge in [-0.15, -0.1) is 0 Å². The van der Waals surface area contributed by atoms with E-state index in [2.05, 4.69) is 37.2 Å². The van der Waals surface area contributed by atoms with Gasteiger partial charge >= 0.3 is 0 Å². The molecular weight excluding hydrogens is 278 g/mol. The lowest BCUT2D eigenvalue weighted by Gasteiger charge is -2.32. The summed E-state index contributed by atoms with van der Waals surface area (Å²) in [5.74, 6) is 0. The molecule has 3 heterocycles. The predicted molar refractivity (Wildman–Crippen MR) is 74.8 cm³/mol. The summed E-state index contributed by atoms with van der Waals surface area (Å²) in [4.78, 5) is 7.10. The van der Waals surface area contributed by atoms with Gasteiger partial charge < -0.3 is 10.2 Å². The number of hydrogen-bond donors (Lipinski definition) is 1. The van der Waals surface area contributed by atoms with Crippen molar-refractivity contribution in [2.75, 3.05) is 29.9 Å². The Hall–Kier alpha value is -0.770. The van der Waals surface area contributed by atoms with Gasteiger partial charge in [0.25, 0.3) is 0 Å². The van der Waals surface area contributed by atoms with Crippen LogP contribution in [0.3, 0.4) is 0 Å². The van der Waals surface area contributed by atoms with Crippen LogP contribution in [-0.2, 0) is 6.42 Å². The molecule has 3 nitrogen and oxygen atoms in total. The van der Waals surface area contributed by atoms with Gasteiger partial charge in [0.05, 0.1) is 17.1 Å². The van der Waals surface area contributed by atoms with Crippen LogP contribution in [0.15, 0.2) is 10.7 Å². The molecule has 0 saturated carbocycles. The minimum Gasteiger partial charge on any atom is -0.382 e. The number of aryl methyl sites for hydroxylation is 1. The lowest BCUT2D eigenvalue weighted by Crippen LogP contribution is -2.31. The first-order valence-electron chi connectivity index (χ1n) is 6.53. The minimum absolute atomic E-state index is 0.973. The average molecular weight is 296 g/mol. The van der Waals surface area contributed by atoms with Gasteiger partial charge in [0.15, 0.2) is 0 Å². The number of hydrogen-bond acceptors (Lipinski definition) is 3. The van der Waals surface area contributed by atoms with Crippen LogP contribution in [-0.4, -0.2) is 24.6 Å². The first-order valence-corrected chi connectivity index (χ1v) is 7.32. The summed E-state index contributed by atoms with van der Waals surface area (Å²) >= 11 is 3.54. The molecule has 1 fully saturated rings. The Balaban J connectivity index is 1.98. The molecule has 3 rings (SSSR count). The molecule has 2 aliphatic heterocycles. The summed E-state index contributed by atoms with van der Waals surface area (Å²) in [6.45, 7) is 3.45. The summed E-state index contributed by atoms with van der Waals surface area (Å²) in [6.07, 6.45) is 6.29. The van der Waals surface area contributed by atoms with Crippen LogP contribution in [0.1, 0.15) is 31.4 Å². The van der Waals surface area contributed by atoms with E-state index in [-0.39, 0.29) is 0 Å². The summed E-state index contributed by atoms with van der Waals surface area (Å²) in [6, 6.07) is 2.17. The number of nitrogens with one attached hydrogen (secondary N) is 1. The summed E-state index contributed by atoms with van der Waals surface area (Å²) < 4.78 is 0.973. The van der Waals surface area contributed by atoms with Gasteiger partial charge in [0, 0.05) is 19.6 Å². The molecule has 0 atom stereocenters. The number of piperidine rings is 1. The maximum Gasteiger partial charge on any atom is 0.108 e. The third kappa shape index (κ3) is 2.28. The predicted octanol–water partition coefficient (Wildman–Crippen LogP) is 3.19. The SMILES string of the molecule is Brc1cc(N2CCCCC2)c2c(n1)CCCN2. The van der Waals surface area contributed by atoms with Crippen molar-refractivity contribution < 1.29 is 0 Å². The highest BCUT2D eigenvalue weighted by molar-refractivity contribution is 9.10. The van der Waals surface area contributed by atoms with Crippen LogP contribution in [0.25, 0.3) is 0 Å². The van der Waals surface area contributed by atoms with E-state index in [9.17, 15) is 0 Å². The molecule has 0 bridgehead atoms. The van der Waals surface area contributed by atoms with Crippen molar-refractivity contribution in [2.24, 2.45) is 0 Å². The van der Waals surface area contributed by atoms with E-state index in [4.69, 9.17) is 0 Å². The van der Waals surface area contributed by atoms with Crippen molar-refractivity contribution in [3.8, 4) is 0 Å². The van der Waals surface area contributed by atoms with Crippen LogP contribution in [0.2, 0.25) is 0 Å². The molecule has 1 saturated heterocycles. The molecule has 2 aliphatic rings. The zero-order chi connectivity index (χ0) is 11.7. The highest BCUT2D eigenvalue weighted by atomic mass is 79.9. The standard InChI is InChI=1S/C13H18BrN3/c14-12-9-11(17-7-2-1-3-8-17)13-10(16-12)5-4-6-15-13/h9,15H,1-8H2. The maximum absolute atomic E-state index is 4.60. The van der Waals surface area contributed by atoms with E-state index >= 15 is 0 Å². The van der Waals surface area contributed by atoms with Crippen LogP contribution in [0, 0.1) is 0 Å². The molecule has 1 aromatic heterocycles. The molecule has 4 heteroatoms. The Morgan fingerprint density at radius 2 is 2.00 bits per heavy atom. The Morgan fingerprint density at radius 1 is 1.18 bits per heavy atom. The number of nitrogens with zero attached hydrogens (tertiary/aromatic N) is 2. The van der Waals surface area contributed by atoms with E-state index in [0.717, 1.165) is 17.6 Å². The van der Waals surface area contributed by atoms with Gasteiger partial charge in [-0.1, -0.05) is 0 Å². The fourth-order valence-corrected chi connectivity index (χ4v) is 3.21. The molecule has 1 N–H and O–H groups in total. The highest BCUT2D eigenvalue weighted by Gasteiger charge is 2.20. The molecule has 17 heavy (non-hydrogen) atoms. The van der Waals surface area contributed by atoms with E-state index in [1.807, 2.05) is 0 Å². The van der Waals surface area contributed by atoms with Crippen LogP contribution < -0.4 is 10.2 Å². The molecule has 0 radical (unpaired) electrons. The van der Waals surface area contributed by atoms with E-state index in [0.29, 0.717) is 0 Å². The second-order valence-corrected chi connectivity index (χ2v) is 5.68. The van der Waals surface area contributed by atoms with E-state index in [1.54, 1.807) is 0 Å². The van der Waals surface area contributed by atoms with E-state index in [1.165, 1.54) is 55.8 Å². The number of aromatic nitrogens is 1. The number of pyridine rings is 1. The zero-order valence-electron chi connectivity index (χ0n) is 10.0. The molecule has 0 unspecified atom stereocenters. The van der Waals surface area contributed by atoms with Gasteiger partial charge in [-0.25, -0.2) is 4.98 Å². The summed E-state index contributed by atoms with van der Waals surface area (Å²) in [7, 11) is 0. The van der Waals surface area contributed by atoms with Gasteiger partial charge in [-0.2, -0.15) is 0 Å². The summed E-state index contributed by atoms with van der Waals surface area (Å²) in [5.41, 5.74) is 3.86. The number of anilines is 2. The van der Waals surface area contributed by atoms with Crippen molar-refractivity contribution in [1.29, 1.82) is 0 Å². The second kappa shape index (κ2) is 4.84. The molecular formula is C13H18BrN3. The fourth-order valence-electron chi connectivity index (χ4n) is 2.78. The van der Waals surface area contributed by atoms with Gasteiger partial charge in [-0.05, 0) is 54.1 Å². The Morgan fingerprint density at radius 3 is 2.82 bits per heavy atom. The first-order chi connectivity index (χ1) is 8.34. The number of rotatable bonds is 1.